The van der Waals surface area contributed by atoms with E-state index in [4.69, 9.17) is 14.2 Å². The standard InChI is InChI=1S/C70H125NO10/c1-4-7-10-13-16-19-22-25-27-29-30-31-32-33-34-35-37-40-43-46-49-52-55-58-65(75)81-68-67(77)66(76)64(59-72)80-70(68)79-60-61(62(73)56-53-50-47-44-41-38-24-21-18-15-12-9-6-3)71-69(78)63(74)57-54-51-48-45-42-39-36-28-26-23-20-17-14-11-8-5-2/h17,20,25-28,39,42,48,51,53,56,61-64,66-68,70,72-74,76-77H,4-16,18-19,21-24,29-38,40-41,43-47,49-50,52,54-55,57-60H2,1-3H3,(H,71,78)/b20-17-,27-25+,28-26-,42-39-,51-48-,56-53+. The van der Waals surface area contributed by atoms with Gasteiger partial charge in [-0.2, -0.15) is 0 Å². The van der Waals surface area contributed by atoms with Crippen molar-refractivity contribution in [1.29, 1.82) is 0 Å². The average molecular weight is 1140 g/mol. The van der Waals surface area contributed by atoms with Crippen LogP contribution in [0.3, 0.4) is 0 Å². The van der Waals surface area contributed by atoms with E-state index in [2.05, 4.69) is 74.7 Å². The third-order valence-electron chi connectivity index (χ3n) is 15.6. The molecule has 8 atom stereocenters. The molecule has 1 saturated heterocycles. The fourth-order valence-electron chi connectivity index (χ4n) is 10.2. The van der Waals surface area contributed by atoms with Crippen LogP contribution in [0, 0.1) is 0 Å². The van der Waals surface area contributed by atoms with Crippen molar-refractivity contribution < 1.29 is 49.3 Å². The molecule has 1 rings (SSSR count). The summed E-state index contributed by atoms with van der Waals surface area (Å²) in [5.41, 5.74) is 0. The number of rotatable bonds is 57. The monoisotopic (exact) mass is 1140 g/mol. The highest BCUT2D eigenvalue weighted by Gasteiger charge is 2.47. The van der Waals surface area contributed by atoms with E-state index >= 15 is 0 Å². The molecule has 0 bridgehead atoms. The fourth-order valence-corrected chi connectivity index (χ4v) is 10.2. The third-order valence-corrected chi connectivity index (χ3v) is 15.6. The lowest BCUT2D eigenvalue weighted by Crippen LogP contribution is -2.61. The Hall–Kier alpha value is -2.90. The molecule has 0 aromatic carbocycles. The van der Waals surface area contributed by atoms with Gasteiger partial charge in [0, 0.05) is 6.42 Å². The summed E-state index contributed by atoms with van der Waals surface area (Å²) in [7, 11) is 0. The number of nitrogens with one attached hydrogen (secondary N) is 1. The van der Waals surface area contributed by atoms with Crippen LogP contribution < -0.4 is 5.32 Å². The lowest BCUT2D eigenvalue weighted by atomic mass is 9.99. The van der Waals surface area contributed by atoms with E-state index in [0.717, 1.165) is 70.6 Å². The first-order valence-corrected chi connectivity index (χ1v) is 33.7. The number of hydrogen-bond donors (Lipinski definition) is 6. The zero-order valence-electron chi connectivity index (χ0n) is 52.1. The topological polar surface area (TPSA) is 175 Å². The number of aliphatic hydroxyl groups excluding tert-OH is 5. The molecule has 0 saturated carbocycles. The Morgan fingerprint density at radius 1 is 0.481 bits per heavy atom. The highest BCUT2D eigenvalue weighted by atomic mass is 16.7. The predicted molar refractivity (Wildman–Crippen MR) is 338 cm³/mol. The van der Waals surface area contributed by atoms with Crippen molar-refractivity contribution in [2.45, 2.75) is 346 Å². The van der Waals surface area contributed by atoms with Gasteiger partial charge in [-0.1, -0.05) is 273 Å². The zero-order valence-corrected chi connectivity index (χ0v) is 52.1. The second-order valence-corrected chi connectivity index (χ2v) is 23.2. The molecule has 11 nitrogen and oxygen atoms in total. The molecule has 0 aliphatic carbocycles. The van der Waals surface area contributed by atoms with Crippen molar-refractivity contribution in [2.75, 3.05) is 13.2 Å². The van der Waals surface area contributed by atoms with Crippen molar-refractivity contribution in [3.05, 3.63) is 72.9 Å². The van der Waals surface area contributed by atoms with Gasteiger partial charge in [0.1, 0.15) is 24.4 Å². The van der Waals surface area contributed by atoms with Crippen LogP contribution >= 0.6 is 0 Å². The zero-order chi connectivity index (χ0) is 58.9. The van der Waals surface area contributed by atoms with Gasteiger partial charge in [0.2, 0.25) is 5.91 Å². The highest BCUT2D eigenvalue weighted by molar-refractivity contribution is 5.80. The van der Waals surface area contributed by atoms with Gasteiger partial charge in [-0.25, -0.2) is 0 Å². The van der Waals surface area contributed by atoms with Crippen molar-refractivity contribution >= 4 is 11.9 Å². The molecule has 1 heterocycles. The fraction of sp³-hybridized carbons (Fsp3) is 0.800. The van der Waals surface area contributed by atoms with Gasteiger partial charge in [0.15, 0.2) is 12.4 Å². The Balaban J connectivity index is 2.65. The number of amides is 1. The van der Waals surface area contributed by atoms with Crippen molar-refractivity contribution in [2.24, 2.45) is 0 Å². The van der Waals surface area contributed by atoms with E-state index in [9.17, 15) is 35.1 Å². The Morgan fingerprint density at radius 3 is 1.31 bits per heavy atom. The predicted octanol–water partition coefficient (Wildman–Crippen LogP) is 16.7. The first-order valence-electron chi connectivity index (χ1n) is 33.7. The average Bonchev–Trinajstić information content (AvgIpc) is 3.47. The number of unbranched alkanes of at least 4 members (excludes halogenated alkanes) is 33. The Kier molecular flexibility index (Phi) is 54.1. The molecule has 470 valence electrons. The second-order valence-electron chi connectivity index (χ2n) is 23.2. The summed E-state index contributed by atoms with van der Waals surface area (Å²) in [6.45, 7) is 5.75. The van der Waals surface area contributed by atoms with Gasteiger partial charge in [-0.15, -0.1) is 0 Å². The maximum atomic E-state index is 13.4. The molecule has 81 heavy (non-hydrogen) atoms. The smallest absolute Gasteiger partial charge is 0.306 e. The minimum Gasteiger partial charge on any atom is -0.454 e. The lowest BCUT2D eigenvalue weighted by molar-refractivity contribution is -0.305. The second kappa shape index (κ2) is 57.5. The van der Waals surface area contributed by atoms with E-state index in [1.165, 1.54) is 180 Å². The van der Waals surface area contributed by atoms with Gasteiger partial charge in [0.25, 0.3) is 0 Å². The lowest BCUT2D eigenvalue weighted by Gasteiger charge is -2.41. The number of carbonyl (C=O) groups excluding carboxylic acids is 2. The molecule has 1 aliphatic rings. The molecule has 11 heteroatoms. The molecule has 1 amide bonds. The summed E-state index contributed by atoms with van der Waals surface area (Å²) < 4.78 is 17.6. The molecule has 0 aromatic heterocycles. The molecule has 1 fully saturated rings. The van der Waals surface area contributed by atoms with Crippen LogP contribution in [0.1, 0.15) is 297 Å². The molecule has 6 N–H and O–H groups in total. The van der Waals surface area contributed by atoms with Crippen molar-refractivity contribution in [3.63, 3.8) is 0 Å². The number of allylic oxidation sites excluding steroid dienone is 11. The summed E-state index contributed by atoms with van der Waals surface area (Å²) in [6.07, 6.45) is 63.8. The Morgan fingerprint density at radius 2 is 0.852 bits per heavy atom. The Labute approximate surface area is 496 Å². The quantitative estimate of drug-likeness (QED) is 0.0195. The van der Waals surface area contributed by atoms with E-state index in [-0.39, 0.29) is 19.4 Å². The van der Waals surface area contributed by atoms with Crippen LogP contribution in [0.4, 0.5) is 0 Å². The van der Waals surface area contributed by atoms with Crippen LogP contribution in [-0.2, 0) is 23.8 Å². The van der Waals surface area contributed by atoms with Crippen LogP contribution in [0.15, 0.2) is 72.9 Å². The van der Waals surface area contributed by atoms with E-state index < -0.39 is 67.4 Å². The van der Waals surface area contributed by atoms with E-state index in [1.54, 1.807) is 6.08 Å². The highest BCUT2D eigenvalue weighted by Crippen LogP contribution is 2.26. The van der Waals surface area contributed by atoms with Crippen LogP contribution in [-0.4, -0.2) is 99.6 Å². The van der Waals surface area contributed by atoms with Crippen LogP contribution in [0.5, 0.6) is 0 Å². The molecular weight excluding hydrogens is 1010 g/mol. The number of carbonyl (C=O) groups is 2. The first-order chi connectivity index (χ1) is 39.7. The summed E-state index contributed by atoms with van der Waals surface area (Å²) in [5, 5.41) is 57.0. The number of esters is 1. The SMILES string of the molecule is CCCCC/C=C\C/C=C\C/C=C\C/C=C\CCC(O)C(=O)NC(COC1OC(CO)C(O)C(O)C1OC(=O)CCCCCCCCCCCCCCC/C=C/CCCCCCCC)C(O)/C=C/CCCCCCCCCCCCC. The minimum atomic E-state index is -1.63. The third kappa shape index (κ3) is 45.2. The molecular formula is C70H125NO10. The van der Waals surface area contributed by atoms with Gasteiger partial charge in [0.05, 0.1) is 25.4 Å². The summed E-state index contributed by atoms with van der Waals surface area (Å²) in [4.78, 5) is 26.6. The van der Waals surface area contributed by atoms with Gasteiger partial charge in [-0.3, -0.25) is 9.59 Å². The molecule has 0 spiro atoms. The largest absolute Gasteiger partial charge is 0.454 e. The van der Waals surface area contributed by atoms with E-state index in [0.29, 0.717) is 12.8 Å². The number of aliphatic hydroxyl groups is 5. The van der Waals surface area contributed by atoms with Crippen LogP contribution in [0.25, 0.3) is 0 Å². The van der Waals surface area contributed by atoms with Gasteiger partial charge in [-0.05, 0) is 89.9 Å². The summed E-state index contributed by atoms with van der Waals surface area (Å²) >= 11 is 0. The van der Waals surface area contributed by atoms with Gasteiger partial charge >= 0.3 is 5.97 Å². The first kappa shape index (κ1) is 76.1. The van der Waals surface area contributed by atoms with E-state index in [1.807, 2.05) is 18.2 Å². The van der Waals surface area contributed by atoms with Gasteiger partial charge < -0.3 is 45.1 Å². The van der Waals surface area contributed by atoms with Crippen molar-refractivity contribution in [1.82, 2.24) is 5.32 Å². The summed E-state index contributed by atoms with van der Waals surface area (Å²) in [6, 6.07) is -1.05. The maximum absolute atomic E-state index is 13.4. The number of hydrogen-bond acceptors (Lipinski definition) is 10. The summed E-state index contributed by atoms with van der Waals surface area (Å²) in [5.74, 6) is -1.25. The maximum Gasteiger partial charge on any atom is 0.306 e. The molecule has 0 aromatic rings. The molecule has 8 unspecified atom stereocenters. The van der Waals surface area contributed by atoms with Crippen LogP contribution in [0.2, 0.25) is 0 Å². The molecule has 0 radical (unpaired) electrons. The minimum absolute atomic E-state index is 0.116. The number of ether oxygens (including phenoxy) is 3. The Bertz CT molecular complexity index is 1590. The normalized spacial score (nSPS) is 19.1. The van der Waals surface area contributed by atoms with Crippen molar-refractivity contribution in [3.8, 4) is 0 Å². The molecule has 1 aliphatic heterocycles.